The molecule has 102 valence electrons. The van der Waals surface area contributed by atoms with Gasteiger partial charge in [-0.25, -0.2) is 4.98 Å². The van der Waals surface area contributed by atoms with Gasteiger partial charge in [0.2, 0.25) is 5.88 Å². The van der Waals surface area contributed by atoms with Gasteiger partial charge in [-0.1, -0.05) is 39.7 Å². The van der Waals surface area contributed by atoms with E-state index in [-0.39, 0.29) is 0 Å². The van der Waals surface area contributed by atoms with Crippen LogP contribution in [0.25, 0.3) is 0 Å². The van der Waals surface area contributed by atoms with Crippen LogP contribution in [-0.2, 0) is 6.54 Å². The van der Waals surface area contributed by atoms with Gasteiger partial charge in [-0.2, -0.15) is 0 Å². The summed E-state index contributed by atoms with van der Waals surface area (Å²) in [5.41, 5.74) is 2.30. The molecule has 0 atom stereocenters. The molecule has 0 fully saturated rings. The van der Waals surface area contributed by atoms with Crippen LogP contribution in [-0.4, -0.2) is 18.1 Å². The Bertz CT molecular complexity index is 348. The topological polar surface area (TPSA) is 34.1 Å². The first-order valence-electron chi connectivity index (χ1n) is 7.01. The van der Waals surface area contributed by atoms with Crippen LogP contribution >= 0.6 is 0 Å². The van der Waals surface area contributed by atoms with Crippen LogP contribution in [0.5, 0.6) is 5.88 Å². The Morgan fingerprint density at radius 2 is 1.94 bits per heavy atom. The van der Waals surface area contributed by atoms with E-state index in [1.54, 1.807) is 0 Å². The zero-order valence-electron chi connectivity index (χ0n) is 12.1. The fourth-order valence-electron chi connectivity index (χ4n) is 1.82. The molecule has 0 aliphatic rings. The summed E-state index contributed by atoms with van der Waals surface area (Å²) >= 11 is 0. The lowest BCUT2D eigenvalue weighted by molar-refractivity contribution is 0.232. The Morgan fingerprint density at radius 3 is 2.50 bits per heavy atom. The maximum atomic E-state index is 5.76. The number of nitrogens with one attached hydrogen (secondary N) is 1. The summed E-state index contributed by atoms with van der Waals surface area (Å²) in [5.74, 6) is 1.38. The molecule has 0 spiro atoms. The summed E-state index contributed by atoms with van der Waals surface area (Å²) in [6.07, 6.45) is 2.32. The zero-order chi connectivity index (χ0) is 13.4. The number of pyridine rings is 1. The van der Waals surface area contributed by atoms with Gasteiger partial charge in [0.25, 0.3) is 0 Å². The zero-order valence-corrected chi connectivity index (χ0v) is 12.1. The number of nitrogens with zero attached hydrogens (tertiary/aromatic N) is 1. The van der Waals surface area contributed by atoms with Crippen LogP contribution in [0.4, 0.5) is 0 Å². The predicted octanol–water partition coefficient (Wildman–Crippen LogP) is 3.31. The van der Waals surface area contributed by atoms with Crippen LogP contribution in [0.15, 0.2) is 12.1 Å². The third kappa shape index (κ3) is 4.65. The van der Waals surface area contributed by atoms with Gasteiger partial charge in [-0.15, -0.1) is 0 Å². The van der Waals surface area contributed by atoms with Crippen molar-refractivity contribution in [2.75, 3.05) is 13.2 Å². The van der Waals surface area contributed by atoms with E-state index in [1.165, 1.54) is 5.56 Å². The average molecular weight is 250 g/mol. The average Bonchev–Trinajstić information content (AvgIpc) is 2.39. The molecule has 1 aromatic rings. The highest BCUT2D eigenvalue weighted by molar-refractivity contribution is 5.24. The van der Waals surface area contributed by atoms with Gasteiger partial charge >= 0.3 is 0 Å². The molecule has 1 rings (SSSR count). The van der Waals surface area contributed by atoms with Crippen LogP contribution < -0.4 is 10.1 Å². The molecule has 0 aliphatic carbocycles. The Labute approximate surface area is 111 Å². The van der Waals surface area contributed by atoms with E-state index < -0.39 is 0 Å². The number of aryl methyl sites for hydroxylation is 1. The minimum Gasteiger partial charge on any atom is -0.477 e. The molecule has 3 nitrogen and oxygen atoms in total. The monoisotopic (exact) mass is 250 g/mol. The SMILES string of the molecule is CCNCc1ccc(OCC(CC)CC)nc1C. The molecule has 0 saturated carbocycles. The van der Waals surface area contributed by atoms with Crippen molar-refractivity contribution in [1.29, 1.82) is 0 Å². The smallest absolute Gasteiger partial charge is 0.213 e. The lowest BCUT2D eigenvalue weighted by Crippen LogP contribution is -2.14. The molecular formula is C15H26N2O. The van der Waals surface area contributed by atoms with Crippen molar-refractivity contribution in [1.82, 2.24) is 10.3 Å². The molecule has 0 radical (unpaired) electrons. The van der Waals surface area contributed by atoms with E-state index >= 15 is 0 Å². The molecule has 0 aliphatic heterocycles. The molecule has 0 bridgehead atoms. The van der Waals surface area contributed by atoms with Gasteiger partial charge in [0.05, 0.1) is 6.61 Å². The van der Waals surface area contributed by atoms with E-state index in [2.05, 4.69) is 37.1 Å². The standard InChI is InChI=1S/C15H26N2O/c1-5-13(6-2)11-18-15-9-8-14(10-16-7-3)12(4)17-15/h8-9,13,16H,5-7,10-11H2,1-4H3. The quantitative estimate of drug-likeness (QED) is 0.768. The van der Waals surface area contributed by atoms with Crippen molar-refractivity contribution >= 4 is 0 Å². The van der Waals surface area contributed by atoms with E-state index in [1.807, 2.05) is 13.0 Å². The molecule has 0 aromatic carbocycles. The van der Waals surface area contributed by atoms with Crippen molar-refractivity contribution in [3.63, 3.8) is 0 Å². The lowest BCUT2D eigenvalue weighted by atomic mass is 10.1. The van der Waals surface area contributed by atoms with Crippen molar-refractivity contribution in [3.8, 4) is 5.88 Å². The third-order valence-electron chi connectivity index (χ3n) is 3.36. The summed E-state index contributed by atoms with van der Waals surface area (Å²) < 4.78 is 5.76. The number of hydrogen-bond donors (Lipinski definition) is 1. The molecule has 1 aromatic heterocycles. The van der Waals surface area contributed by atoms with Crippen molar-refractivity contribution in [3.05, 3.63) is 23.4 Å². The lowest BCUT2D eigenvalue weighted by Gasteiger charge is -2.14. The largest absolute Gasteiger partial charge is 0.477 e. The highest BCUT2D eigenvalue weighted by atomic mass is 16.5. The Morgan fingerprint density at radius 1 is 1.22 bits per heavy atom. The summed E-state index contributed by atoms with van der Waals surface area (Å²) in [4.78, 5) is 4.50. The van der Waals surface area contributed by atoms with Crippen LogP contribution in [0.1, 0.15) is 44.9 Å². The molecule has 0 amide bonds. The number of ether oxygens (including phenoxy) is 1. The third-order valence-corrected chi connectivity index (χ3v) is 3.36. The number of hydrogen-bond acceptors (Lipinski definition) is 3. The van der Waals surface area contributed by atoms with Gasteiger partial charge in [0, 0.05) is 18.3 Å². The highest BCUT2D eigenvalue weighted by Crippen LogP contribution is 2.15. The number of aromatic nitrogens is 1. The molecule has 1 heterocycles. The Hall–Kier alpha value is -1.09. The molecule has 0 unspecified atom stereocenters. The normalized spacial score (nSPS) is 10.9. The van der Waals surface area contributed by atoms with Gasteiger partial charge < -0.3 is 10.1 Å². The predicted molar refractivity (Wildman–Crippen MR) is 75.9 cm³/mol. The second-order valence-electron chi connectivity index (χ2n) is 4.67. The first-order chi connectivity index (χ1) is 8.71. The van der Waals surface area contributed by atoms with Gasteiger partial charge in [-0.3, -0.25) is 0 Å². The summed E-state index contributed by atoms with van der Waals surface area (Å²) in [7, 11) is 0. The van der Waals surface area contributed by atoms with Crippen LogP contribution in [0.2, 0.25) is 0 Å². The molecule has 1 N–H and O–H groups in total. The summed E-state index contributed by atoms with van der Waals surface area (Å²) in [5, 5.41) is 3.31. The fourth-order valence-corrected chi connectivity index (χ4v) is 1.82. The van der Waals surface area contributed by atoms with Crippen molar-refractivity contribution in [2.24, 2.45) is 5.92 Å². The van der Waals surface area contributed by atoms with Gasteiger partial charge in [0.1, 0.15) is 0 Å². The molecular weight excluding hydrogens is 224 g/mol. The molecule has 18 heavy (non-hydrogen) atoms. The van der Waals surface area contributed by atoms with Crippen molar-refractivity contribution in [2.45, 2.75) is 47.1 Å². The minimum atomic E-state index is 0.633. The maximum absolute atomic E-state index is 5.76. The van der Waals surface area contributed by atoms with Gasteiger partial charge in [0.15, 0.2) is 0 Å². The Balaban J connectivity index is 2.55. The van der Waals surface area contributed by atoms with Crippen LogP contribution in [0.3, 0.4) is 0 Å². The van der Waals surface area contributed by atoms with Crippen LogP contribution in [0, 0.1) is 12.8 Å². The second kappa shape index (κ2) is 8.09. The first kappa shape index (κ1) is 15.0. The first-order valence-corrected chi connectivity index (χ1v) is 7.01. The van der Waals surface area contributed by atoms with E-state index in [9.17, 15) is 0 Å². The number of rotatable bonds is 8. The maximum Gasteiger partial charge on any atom is 0.213 e. The van der Waals surface area contributed by atoms with E-state index in [0.717, 1.165) is 44.1 Å². The molecule has 3 heteroatoms. The fraction of sp³-hybridized carbons (Fsp3) is 0.667. The van der Waals surface area contributed by atoms with Crippen molar-refractivity contribution < 1.29 is 4.74 Å². The Kier molecular flexibility index (Phi) is 6.73. The second-order valence-corrected chi connectivity index (χ2v) is 4.67. The summed E-state index contributed by atoms with van der Waals surface area (Å²) in [6, 6.07) is 4.08. The van der Waals surface area contributed by atoms with E-state index in [0.29, 0.717) is 5.92 Å². The van der Waals surface area contributed by atoms with Gasteiger partial charge in [-0.05, 0) is 24.9 Å². The highest BCUT2D eigenvalue weighted by Gasteiger charge is 2.06. The molecule has 0 saturated heterocycles. The minimum absolute atomic E-state index is 0.633. The summed E-state index contributed by atoms with van der Waals surface area (Å²) in [6.45, 7) is 11.2. The van der Waals surface area contributed by atoms with E-state index in [4.69, 9.17) is 4.74 Å².